The maximum absolute atomic E-state index is 12.2. The molecule has 4 nitrogen and oxygen atoms in total. The van der Waals surface area contributed by atoms with Crippen molar-refractivity contribution in [2.45, 2.75) is 180 Å². The summed E-state index contributed by atoms with van der Waals surface area (Å²) in [7, 11) is 0. The Morgan fingerprint density at radius 1 is 0.559 bits per heavy atom. The molecule has 0 aliphatic heterocycles. The fourth-order valence-corrected chi connectivity index (χ4v) is 4.59. The molecule has 0 spiro atoms. The van der Waals surface area contributed by atoms with Crippen molar-refractivity contribution in [2.75, 3.05) is 0 Å². The average molecular weight is 483 g/mol. The molecular weight excluding hydrogens is 424 g/mol. The Morgan fingerprint density at radius 3 is 1.35 bits per heavy atom. The van der Waals surface area contributed by atoms with Gasteiger partial charge in [-0.15, -0.1) is 0 Å². The van der Waals surface area contributed by atoms with Gasteiger partial charge in [0.1, 0.15) is 6.10 Å². The predicted molar refractivity (Wildman–Crippen MR) is 144 cm³/mol. The molecule has 0 aromatic carbocycles. The zero-order valence-electron chi connectivity index (χ0n) is 22.9. The summed E-state index contributed by atoms with van der Waals surface area (Å²) in [6.45, 7) is 4.39. The lowest BCUT2D eigenvalue weighted by Gasteiger charge is -2.16. The Morgan fingerprint density at radius 2 is 0.941 bits per heavy atom. The van der Waals surface area contributed by atoms with Crippen molar-refractivity contribution in [1.29, 1.82) is 0 Å². The highest BCUT2D eigenvalue weighted by molar-refractivity contribution is 5.69. The maximum Gasteiger partial charge on any atom is 0.306 e. The molecule has 1 unspecified atom stereocenters. The smallest absolute Gasteiger partial charge is 0.306 e. The standard InChI is InChI=1S/C30H58O4/c1-3-5-6-7-8-9-10-15-18-21-24-27-30(33)34-28(4-2)25-22-19-16-13-11-12-14-17-20-23-26-29(31)32/h28H,3-27H2,1-2H3,(H,31,32). The molecule has 0 bridgehead atoms. The first-order valence-corrected chi connectivity index (χ1v) is 15.0. The molecule has 0 rings (SSSR count). The van der Waals surface area contributed by atoms with Gasteiger partial charge >= 0.3 is 11.9 Å². The zero-order chi connectivity index (χ0) is 25.1. The van der Waals surface area contributed by atoms with Crippen LogP contribution in [0.2, 0.25) is 0 Å². The highest BCUT2D eigenvalue weighted by Crippen LogP contribution is 2.16. The SMILES string of the molecule is CCCCCCCCCCCCCC(=O)OC(CC)CCCCCCCCCCCCC(=O)O. The van der Waals surface area contributed by atoms with Crippen molar-refractivity contribution in [3.63, 3.8) is 0 Å². The summed E-state index contributed by atoms with van der Waals surface area (Å²) in [5, 5.41) is 8.62. The molecule has 0 aliphatic rings. The maximum atomic E-state index is 12.2. The van der Waals surface area contributed by atoms with Crippen LogP contribution in [0.3, 0.4) is 0 Å². The first-order chi connectivity index (χ1) is 16.6. The number of ether oxygens (including phenoxy) is 1. The Hall–Kier alpha value is -1.06. The molecule has 0 saturated heterocycles. The molecular formula is C30H58O4. The van der Waals surface area contributed by atoms with E-state index in [4.69, 9.17) is 9.84 Å². The number of carbonyl (C=O) groups excluding carboxylic acids is 1. The van der Waals surface area contributed by atoms with Crippen LogP contribution in [-0.2, 0) is 14.3 Å². The lowest BCUT2D eigenvalue weighted by molar-refractivity contribution is -0.149. The van der Waals surface area contributed by atoms with Gasteiger partial charge in [0.05, 0.1) is 0 Å². The van der Waals surface area contributed by atoms with Gasteiger partial charge in [0.15, 0.2) is 0 Å². The fourth-order valence-electron chi connectivity index (χ4n) is 4.59. The molecule has 34 heavy (non-hydrogen) atoms. The van der Waals surface area contributed by atoms with Crippen LogP contribution in [0.5, 0.6) is 0 Å². The minimum Gasteiger partial charge on any atom is -0.481 e. The molecule has 0 amide bonds. The van der Waals surface area contributed by atoms with Gasteiger partial charge in [-0.3, -0.25) is 9.59 Å². The molecule has 0 radical (unpaired) electrons. The number of rotatable bonds is 27. The van der Waals surface area contributed by atoms with Gasteiger partial charge < -0.3 is 9.84 Å². The highest BCUT2D eigenvalue weighted by Gasteiger charge is 2.12. The zero-order valence-corrected chi connectivity index (χ0v) is 22.9. The van der Waals surface area contributed by atoms with E-state index in [1.165, 1.54) is 96.3 Å². The van der Waals surface area contributed by atoms with Crippen molar-refractivity contribution in [2.24, 2.45) is 0 Å². The summed E-state index contributed by atoms with van der Waals surface area (Å²) in [6.07, 6.45) is 29.0. The molecule has 0 saturated carbocycles. The lowest BCUT2D eigenvalue weighted by atomic mass is 10.0. The number of hydrogen-bond acceptors (Lipinski definition) is 3. The number of aliphatic carboxylic acids is 1. The number of unbranched alkanes of at least 4 members (excludes halogenated alkanes) is 19. The summed E-state index contributed by atoms with van der Waals surface area (Å²) in [5.41, 5.74) is 0. The van der Waals surface area contributed by atoms with Crippen LogP contribution in [0.4, 0.5) is 0 Å². The van der Waals surface area contributed by atoms with Crippen LogP contribution in [-0.4, -0.2) is 23.1 Å². The number of carboxylic acids is 1. The summed E-state index contributed by atoms with van der Waals surface area (Å²) in [4.78, 5) is 22.6. The molecule has 4 heteroatoms. The molecule has 0 aliphatic carbocycles. The van der Waals surface area contributed by atoms with Gasteiger partial charge in [0, 0.05) is 12.8 Å². The number of esters is 1. The normalized spacial score (nSPS) is 12.1. The number of hydrogen-bond donors (Lipinski definition) is 1. The highest BCUT2D eigenvalue weighted by atomic mass is 16.5. The van der Waals surface area contributed by atoms with Crippen LogP contribution in [0.25, 0.3) is 0 Å². The monoisotopic (exact) mass is 482 g/mol. The van der Waals surface area contributed by atoms with Crippen LogP contribution >= 0.6 is 0 Å². The summed E-state index contributed by atoms with van der Waals surface area (Å²) in [5.74, 6) is -0.671. The van der Waals surface area contributed by atoms with E-state index < -0.39 is 5.97 Å². The van der Waals surface area contributed by atoms with E-state index in [1.54, 1.807) is 0 Å². The minimum absolute atomic E-state index is 0.00567. The van der Waals surface area contributed by atoms with Crippen molar-refractivity contribution < 1.29 is 19.4 Å². The molecule has 1 atom stereocenters. The first kappa shape index (κ1) is 32.9. The van der Waals surface area contributed by atoms with Crippen molar-refractivity contribution in [3.05, 3.63) is 0 Å². The van der Waals surface area contributed by atoms with E-state index in [0.29, 0.717) is 12.8 Å². The summed E-state index contributed by atoms with van der Waals surface area (Å²) < 4.78 is 5.72. The van der Waals surface area contributed by atoms with Gasteiger partial charge in [-0.25, -0.2) is 0 Å². The van der Waals surface area contributed by atoms with E-state index >= 15 is 0 Å². The van der Waals surface area contributed by atoms with Gasteiger partial charge in [-0.2, -0.15) is 0 Å². The Labute approximate surface area is 212 Å². The van der Waals surface area contributed by atoms with Crippen LogP contribution < -0.4 is 0 Å². The van der Waals surface area contributed by atoms with Crippen LogP contribution in [0.1, 0.15) is 174 Å². The van der Waals surface area contributed by atoms with Crippen molar-refractivity contribution in [1.82, 2.24) is 0 Å². The third-order valence-corrected chi connectivity index (χ3v) is 6.90. The second-order valence-electron chi connectivity index (χ2n) is 10.3. The largest absolute Gasteiger partial charge is 0.481 e. The quantitative estimate of drug-likeness (QED) is 0.0934. The fraction of sp³-hybridized carbons (Fsp3) is 0.933. The topological polar surface area (TPSA) is 63.6 Å². The second-order valence-corrected chi connectivity index (χ2v) is 10.3. The molecule has 202 valence electrons. The number of carboxylic acid groups (broad SMARTS) is 1. The third-order valence-electron chi connectivity index (χ3n) is 6.90. The molecule has 0 fully saturated rings. The second kappa shape index (κ2) is 26.5. The lowest BCUT2D eigenvalue weighted by Crippen LogP contribution is -2.17. The molecule has 0 heterocycles. The summed E-state index contributed by atoms with van der Waals surface area (Å²) >= 11 is 0. The Kier molecular flexibility index (Phi) is 25.7. The predicted octanol–water partition coefficient (Wildman–Crippen LogP) is 9.78. The van der Waals surface area contributed by atoms with Gasteiger partial charge in [-0.05, 0) is 32.1 Å². The van der Waals surface area contributed by atoms with E-state index in [9.17, 15) is 9.59 Å². The molecule has 0 aromatic heterocycles. The minimum atomic E-state index is -0.676. The summed E-state index contributed by atoms with van der Waals surface area (Å²) in [6, 6.07) is 0. The number of carbonyl (C=O) groups is 2. The average Bonchev–Trinajstić information content (AvgIpc) is 2.82. The Bertz CT molecular complexity index is 449. The van der Waals surface area contributed by atoms with E-state index in [-0.39, 0.29) is 12.1 Å². The van der Waals surface area contributed by atoms with E-state index in [1.807, 2.05) is 0 Å². The van der Waals surface area contributed by atoms with E-state index in [2.05, 4.69) is 13.8 Å². The van der Waals surface area contributed by atoms with Crippen LogP contribution in [0, 0.1) is 0 Å². The molecule has 0 aromatic rings. The molecule has 1 N–H and O–H groups in total. The van der Waals surface area contributed by atoms with Gasteiger partial charge in [-0.1, -0.05) is 129 Å². The van der Waals surface area contributed by atoms with Crippen LogP contribution in [0.15, 0.2) is 0 Å². The van der Waals surface area contributed by atoms with Crippen molar-refractivity contribution >= 4 is 11.9 Å². The van der Waals surface area contributed by atoms with Gasteiger partial charge in [0.25, 0.3) is 0 Å². The third kappa shape index (κ3) is 25.6. The van der Waals surface area contributed by atoms with E-state index in [0.717, 1.165) is 51.4 Å². The first-order valence-electron chi connectivity index (χ1n) is 15.0. The Balaban J connectivity index is 3.44. The van der Waals surface area contributed by atoms with Crippen molar-refractivity contribution in [3.8, 4) is 0 Å². The van der Waals surface area contributed by atoms with Gasteiger partial charge in [0.2, 0.25) is 0 Å².